The second kappa shape index (κ2) is 3.41. The highest BCUT2D eigenvalue weighted by atomic mass is 16.2. The first-order valence-corrected chi connectivity index (χ1v) is 4.73. The van der Waals surface area contributed by atoms with Gasteiger partial charge >= 0.3 is 0 Å². The van der Waals surface area contributed by atoms with E-state index in [0.717, 1.165) is 10.6 Å². The number of hydrogen-bond acceptors (Lipinski definition) is 3. The molecular weight excluding hydrogens is 204 g/mol. The number of anilines is 1. The van der Waals surface area contributed by atoms with E-state index in [1.807, 2.05) is 0 Å². The third-order valence-corrected chi connectivity index (χ3v) is 2.39. The Labute approximate surface area is 92.9 Å². The monoisotopic (exact) mass is 214 g/mol. The molecule has 0 N–H and O–H groups in total. The van der Waals surface area contributed by atoms with Crippen molar-refractivity contribution in [2.75, 3.05) is 4.90 Å². The molecule has 1 fully saturated rings. The third-order valence-electron chi connectivity index (χ3n) is 2.39. The average molecular weight is 214 g/mol. The van der Waals surface area contributed by atoms with Crippen molar-refractivity contribution >= 4 is 17.6 Å². The van der Waals surface area contributed by atoms with Crippen LogP contribution in [0.3, 0.4) is 0 Å². The van der Waals surface area contributed by atoms with Crippen LogP contribution >= 0.6 is 0 Å². The Morgan fingerprint density at radius 3 is 2.19 bits per heavy atom. The molecular formula is C12H10N2O2. The number of nitrogens with zero attached hydrogens (tertiary/aromatic N) is 2. The Balaban J connectivity index is 2.50. The van der Waals surface area contributed by atoms with Crippen LogP contribution in [-0.2, 0) is 9.59 Å². The topological polar surface area (TPSA) is 50.3 Å². The van der Waals surface area contributed by atoms with Gasteiger partial charge in [-0.1, -0.05) is 19.2 Å². The summed E-state index contributed by atoms with van der Waals surface area (Å²) >= 11 is 0. The van der Waals surface area contributed by atoms with Gasteiger partial charge in [-0.3, -0.25) is 9.59 Å². The zero-order valence-electron chi connectivity index (χ0n) is 8.86. The summed E-state index contributed by atoms with van der Waals surface area (Å²) in [5, 5.41) is 0. The minimum atomic E-state index is -0.451. The molecule has 0 saturated carbocycles. The molecule has 80 valence electrons. The van der Waals surface area contributed by atoms with Crippen molar-refractivity contribution in [1.82, 2.24) is 4.98 Å². The normalized spacial score (nSPS) is 16.2. The molecule has 2 amide bonds. The van der Waals surface area contributed by atoms with Crippen molar-refractivity contribution < 1.29 is 9.59 Å². The Hall–Kier alpha value is -2.23. The molecule has 0 atom stereocenters. The van der Waals surface area contributed by atoms with Gasteiger partial charge < -0.3 is 0 Å². The van der Waals surface area contributed by atoms with Gasteiger partial charge in [-0.2, -0.15) is 0 Å². The molecule has 2 rings (SSSR count). The van der Waals surface area contributed by atoms with Gasteiger partial charge in [0.15, 0.2) is 0 Å². The molecule has 1 aliphatic heterocycles. The van der Waals surface area contributed by atoms with Gasteiger partial charge in [0.25, 0.3) is 11.8 Å². The summed E-state index contributed by atoms with van der Waals surface area (Å²) in [6.45, 7) is 8.84. The predicted molar refractivity (Wildman–Crippen MR) is 59.7 cm³/mol. The highest BCUT2D eigenvalue weighted by molar-refractivity contribution is 6.36. The van der Waals surface area contributed by atoms with E-state index in [4.69, 9.17) is 0 Å². The second-order valence-electron chi connectivity index (χ2n) is 3.54. The molecule has 1 saturated heterocycles. The van der Waals surface area contributed by atoms with Crippen LogP contribution in [0.1, 0.15) is 5.69 Å². The maximum absolute atomic E-state index is 11.7. The van der Waals surface area contributed by atoms with Crippen LogP contribution < -0.4 is 4.90 Å². The maximum Gasteiger partial charge on any atom is 0.266 e. The van der Waals surface area contributed by atoms with Gasteiger partial charge in [0, 0.05) is 16.8 Å². The molecule has 2 heterocycles. The third kappa shape index (κ3) is 1.35. The van der Waals surface area contributed by atoms with E-state index in [9.17, 15) is 9.59 Å². The summed E-state index contributed by atoms with van der Waals surface area (Å²) in [7, 11) is 0. The zero-order chi connectivity index (χ0) is 11.9. The van der Waals surface area contributed by atoms with Crippen LogP contribution in [0.4, 0.5) is 5.82 Å². The quantitative estimate of drug-likeness (QED) is 0.524. The molecule has 0 unspecified atom stereocenters. The molecule has 1 aliphatic rings. The molecule has 0 spiro atoms. The summed E-state index contributed by atoms with van der Waals surface area (Å²) in [5.74, 6) is -0.587. The van der Waals surface area contributed by atoms with Crippen LogP contribution in [0.2, 0.25) is 0 Å². The molecule has 1 aromatic rings. The number of amides is 2. The SMILES string of the molecule is C=C1C(=C)C(=O)N(c2cccc(C)n2)C1=O. The molecule has 0 radical (unpaired) electrons. The molecule has 1 aromatic heterocycles. The summed E-state index contributed by atoms with van der Waals surface area (Å²) < 4.78 is 0. The van der Waals surface area contributed by atoms with E-state index in [1.165, 1.54) is 0 Å². The highest BCUT2D eigenvalue weighted by Crippen LogP contribution is 2.26. The maximum atomic E-state index is 11.7. The fourth-order valence-electron chi connectivity index (χ4n) is 1.48. The van der Waals surface area contributed by atoms with E-state index < -0.39 is 11.8 Å². The van der Waals surface area contributed by atoms with Gasteiger partial charge in [-0.05, 0) is 19.1 Å². The van der Waals surface area contributed by atoms with Crippen molar-refractivity contribution in [1.29, 1.82) is 0 Å². The number of carbonyl (C=O) groups excluding carboxylic acids is 2. The number of imide groups is 1. The summed E-state index contributed by atoms with van der Waals surface area (Å²) in [6, 6.07) is 5.13. The Morgan fingerprint density at radius 2 is 1.69 bits per heavy atom. The van der Waals surface area contributed by atoms with Crippen molar-refractivity contribution in [3.63, 3.8) is 0 Å². The first-order chi connectivity index (χ1) is 7.52. The van der Waals surface area contributed by atoms with Crippen LogP contribution in [0, 0.1) is 6.92 Å². The number of hydrogen-bond donors (Lipinski definition) is 0. The number of aryl methyl sites for hydroxylation is 1. The molecule has 4 heteroatoms. The average Bonchev–Trinajstić information content (AvgIpc) is 2.44. The largest absolute Gasteiger partial charge is 0.268 e. The lowest BCUT2D eigenvalue weighted by Crippen LogP contribution is -2.30. The highest BCUT2D eigenvalue weighted by Gasteiger charge is 2.38. The molecule has 0 bridgehead atoms. The summed E-state index contributed by atoms with van der Waals surface area (Å²) in [6.07, 6.45) is 0. The van der Waals surface area contributed by atoms with E-state index in [2.05, 4.69) is 18.1 Å². The van der Waals surface area contributed by atoms with Gasteiger partial charge in [0.2, 0.25) is 0 Å². The Morgan fingerprint density at radius 1 is 1.12 bits per heavy atom. The number of rotatable bonds is 1. The van der Waals surface area contributed by atoms with E-state index in [-0.39, 0.29) is 11.1 Å². The lowest BCUT2D eigenvalue weighted by atomic mass is 10.2. The van der Waals surface area contributed by atoms with Crippen molar-refractivity contribution in [2.24, 2.45) is 0 Å². The smallest absolute Gasteiger partial charge is 0.266 e. The minimum absolute atomic E-state index is 0.133. The standard InChI is InChI=1S/C12H10N2O2/c1-7-5-4-6-10(13-7)14-11(15)8(2)9(3)12(14)16/h4-6H,2-3H2,1H3. The van der Waals surface area contributed by atoms with E-state index in [1.54, 1.807) is 25.1 Å². The van der Waals surface area contributed by atoms with Crippen LogP contribution in [0.5, 0.6) is 0 Å². The second-order valence-corrected chi connectivity index (χ2v) is 3.54. The van der Waals surface area contributed by atoms with Crippen LogP contribution in [0.25, 0.3) is 0 Å². The van der Waals surface area contributed by atoms with Crippen LogP contribution in [0.15, 0.2) is 42.5 Å². The lowest BCUT2D eigenvalue weighted by molar-refractivity contribution is -0.119. The molecule has 0 aliphatic carbocycles. The van der Waals surface area contributed by atoms with Crippen molar-refractivity contribution in [3.05, 3.63) is 48.2 Å². The van der Waals surface area contributed by atoms with Gasteiger partial charge in [0.05, 0.1) is 0 Å². The zero-order valence-corrected chi connectivity index (χ0v) is 8.86. The first kappa shape index (κ1) is 10.3. The van der Waals surface area contributed by atoms with Crippen LogP contribution in [-0.4, -0.2) is 16.8 Å². The summed E-state index contributed by atoms with van der Waals surface area (Å²) in [5.41, 5.74) is 1.00. The van der Waals surface area contributed by atoms with Crippen molar-refractivity contribution in [2.45, 2.75) is 6.92 Å². The Kier molecular flexibility index (Phi) is 2.20. The molecule has 16 heavy (non-hydrogen) atoms. The minimum Gasteiger partial charge on any atom is -0.268 e. The fourth-order valence-corrected chi connectivity index (χ4v) is 1.48. The van der Waals surface area contributed by atoms with Gasteiger partial charge in [0.1, 0.15) is 5.82 Å². The lowest BCUT2D eigenvalue weighted by Gasteiger charge is -2.11. The van der Waals surface area contributed by atoms with E-state index in [0.29, 0.717) is 5.82 Å². The van der Waals surface area contributed by atoms with E-state index >= 15 is 0 Å². The number of aromatic nitrogens is 1. The predicted octanol–water partition coefficient (Wildman–Crippen LogP) is 1.38. The molecule has 0 aromatic carbocycles. The Bertz CT molecular complexity index is 506. The number of carbonyl (C=O) groups is 2. The number of pyridine rings is 1. The first-order valence-electron chi connectivity index (χ1n) is 4.73. The van der Waals surface area contributed by atoms with Gasteiger partial charge in [-0.15, -0.1) is 0 Å². The van der Waals surface area contributed by atoms with Crippen molar-refractivity contribution in [3.8, 4) is 0 Å². The fraction of sp³-hybridized carbons (Fsp3) is 0.0833. The summed E-state index contributed by atoms with van der Waals surface area (Å²) in [4.78, 5) is 28.6. The van der Waals surface area contributed by atoms with Gasteiger partial charge in [-0.25, -0.2) is 9.88 Å². The molecule has 4 nitrogen and oxygen atoms in total.